The Hall–Kier alpha value is -4.21. The van der Waals surface area contributed by atoms with E-state index in [1.54, 1.807) is 39.7 Å². The van der Waals surface area contributed by atoms with E-state index >= 15 is 0 Å². The first-order valence-electron chi connectivity index (χ1n) is 10.8. The number of benzene rings is 1. The molecular formula is C24H27N7O3. The molecule has 3 N–H and O–H groups in total. The maximum Gasteiger partial charge on any atom is 0.220 e. The van der Waals surface area contributed by atoms with Gasteiger partial charge in [0.25, 0.3) is 0 Å². The normalized spacial score (nSPS) is 16.1. The number of hydrogen-bond acceptors (Lipinski definition) is 9. The van der Waals surface area contributed by atoms with Gasteiger partial charge in [0.15, 0.2) is 5.65 Å². The summed E-state index contributed by atoms with van der Waals surface area (Å²) in [6, 6.07) is 9.34. The van der Waals surface area contributed by atoms with Crippen molar-refractivity contribution >= 4 is 40.4 Å². The zero-order valence-corrected chi connectivity index (χ0v) is 19.4. The van der Waals surface area contributed by atoms with E-state index in [-0.39, 0.29) is 11.9 Å². The van der Waals surface area contributed by atoms with Crippen LogP contribution in [0.4, 0.5) is 11.5 Å². The number of nitrogens with one attached hydrogen (secondary N) is 1. The predicted molar refractivity (Wildman–Crippen MR) is 132 cm³/mol. The fourth-order valence-corrected chi connectivity index (χ4v) is 3.82. The Bertz CT molecular complexity index is 1240. The van der Waals surface area contributed by atoms with E-state index in [0.29, 0.717) is 52.7 Å². The number of methoxy groups -OCH3 is 2. The minimum absolute atomic E-state index is 0.0212. The Balaban J connectivity index is 1.80. The number of carbonyl (C=O) groups excluding carboxylic acids is 1. The van der Waals surface area contributed by atoms with E-state index in [1.165, 1.54) is 6.20 Å². The summed E-state index contributed by atoms with van der Waals surface area (Å²) in [4.78, 5) is 31.8. The van der Waals surface area contributed by atoms with Gasteiger partial charge >= 0.3 is 0 Å². The van der Waals surface area contributed by atoms with Crippen molar-refractivity contribution in [2.24, 2.45) is 10.7 Å². The second-order valence-corrected chi connectivity index (χ2v) is 7.76. The fraction of sp³-hybridized carbons (Fsp3) is 0.292. The van der Waals surface area contributed by atoms with Crippen molar-refractivity contribution in [2.45, 2.75) is 18.9 Å². The molecule has 1 fully saturated rings. The zero-order chi connectivity index (χ0) is 24.1. The van der Waals surface area contributed by atoms with Gasteiger partial charge in [0, 0.05) is 67.9 Å². The molecule has 0 saturated carbocycles. The molecule has 3 aromatic rings. The summed E-state index contributed by atoms with van der Waals surface area (Å²) in [6.07, 6.45) is 5.95. The van der Waals surface area contributed by atoms with Crippen LogP contribution in [0, 0.1) is 0 Å². The van der Waals surface area contributed by atoms with Crippen molar-refractivity contribution in [2.75, 3.05) is 32.7 Å². The molecule has 1 aliphatic rings. The molecule has 1 saturated heterocycles. The lowest BCUT2D eigenvalue weighted by Gasteiger charge is -2.27. The molecule has 0 radical (unpaired) electrons. The van der Waals surface area contributed by atoms with Crippen LogP contribution < -0.4 is 25.4 Å². The molecule has 1 unspecified atom stereocenters. The molecule has 10 nitrogen and oxygen atoms in total. The number of nitrogens with zero attached hydrogens (tertiary/aromatic N) is 5. The van der Waals surface area contributed by atoms with Gasteiger partial charge in [-0.3, -0.25) is 14.8 Å². The van der Waals surface area contributed by atoms with Gasteiger partial charge in [-0.2, -0.15) is 0 Å². The van der Waals surface area contributed by atoms with Crippen molar-refractivity contribution in [3.63, 3.8) is 0 Å². The average molecular weight is 462 g/mol. The Kier molecular flexibility index (Phi) is 6.86. The summed E-state index contributed by atoms with van der Waals surface area (Å²) >= 11 is 0. The standard InChI is InChI=1S/C24H27N7O3/c1-26-12-15(11-25)21-13-27-20-5-6-22(30-24(20)29-21)31(14-16-4-7-23(32)28-16)17-8-18(33-2)10-19(9-17)34-3/h5-6,8-13,16H,4,7,14,25H2,1-3H3,(H,28,32)/b15-11+,26-12?. The SMILES string of the molecule is CN=C/C(=C\N)c1cnc2ccc(N(CC3CCC(=O)N3)c3cc(OC)cc(OC)c3)nc2n1. The zero-order valence-electron chi connectivity index (χ0n) is 19.4. The highest BCUT2D eigenvalue weighted by molar-refractivity contribution is 6.09. The van der Waals surface area contributed by atoms with Crippen molar-refractivity contribution in [1.29, 1.82) is 0 Å². The van der Waals surface area contributed by atoms with Gasteiger partial charge in [-0.25, -0.2) is 9.97 Å². The van der Waals surface area contributed by atoms with Gasteiger partial charge in [-0.15, -0.1) is 0 Å². The van der Waals surface area contributed by atoms with Crippen molar-refractivity contribution in [1.82, 2.24) is 20.3 Å². The highest BCUT2D eigenvalue weighted by Crippen LogP contribution is 2.33. The summed E-state index contributed by atoms with van der Waals surface area (Å²) in [6.45, 7) is 0.518. The van der Waals surface area contributed by atoms with Crippen LogP contribution in [-0.2, 0) is 4.79 Å². The number of allylic oxidation sites excluding steroid dienone is 1. The average Bonchev–Trinajstić information content (AvgIpc) is 3.29. The van der Waals surface area contributed by atoms with Gasteiger partial charge in [-0.05, 0) is 18.6 Å². The number of aromatic nitrogens is 3. The Morgan fingerprint density at radius 2 is 2.00 bits per heavy atom. The molecule has 1 amide bonds. The number of anilines is 2. The van der Waals surface area contributed by atoms with E-state index in [4.69, 9.17) is 20.2 Å². The Morgan fingerprint density at radius 1 is 1.24 bits per heavy atom. The summed E-state index contributed by atoms with van der Waals surface area (Å²) < 4.78 is 10.9. The van der Waals surface area contributed by atoms with E-state index in [1.807, 2.05) is 29.2 Å². The molecule has 0 bridgehead atoms. The van der Waals surface area contributed by atoms with Crippen LogP contribution in [-0.4, -0.2) is 60.9 Å². The quantitative estimate of drug-likeness (QED) is 0.490. The second-order valence-electron chi connectivity index (χ2n) is 7.76. The van der Waals surface area contributed by atoms with Crippen LogP contribution in [0.25, 0.3) is 16.7 Å². The molecule has 3 heterocycles. The van der Waals surface area contributed by atoms with Crippen LogP contribution in [0.2, 0.25) is 0 Å². The molecule has 1 aliphatic heterocycles. The lowest BCUT2D eigenvalue weighted by atomic mass is 10.1. The first-order valence-corrected chi connectivity index (χ1v) is 10.8. The van der Waals surface area contributed by atoms with E-state index in [2.05, 4.69) is 20.3 Å². The van der Waals surface area contributed by atoms with Crippen molar-refractivity contribution in [3.05, 3.63) is 48.4 Å². The molecule has 0 aliphatic carbocycles. The maximum absolute atomic E-state index is 11.8. The topological polar surface area (TPSA) is 128 Å². The number of pyridine rings is 1. The van der Waals surface area contributed by atoms with E-state index in [9.17, 15) is 4.79 Å². The number of nitrogens with two attached hydrogens (primary N) is 1. The third kappa shape index (κ3) is 4.90. The molecule has 2 aromatic heterocycles. The largest absolute Gasteiger partial charge is 0.497 e. The Morgan fingerprint density at radius 3 is 2.62 bits per heavy atom. The van der Waals surface area contributed by atoms with Gasteiger partial charge < -0.3 is 25.4 Å². The van der Waals surface area contributed by atoms with Gasteiger partial charge in [0.1, 0.15) is 22.8 Å². The molecular weight excluding hydrogens is 434 g/mol. The van der Waals surface area contributed by atoms with E-state index < -0.39 is 0 Å². The molecule has 34 heavy (non-hydrogen) atoms. The number of fused-ring (bicyclic) bond motifs is 1. The lowest BCUT2D eigenvalue weighted by Crippen LogP contribution is -2.37. The molecule has 1 atom stereocenters. The van der Waals surface area contributed by atoms with Crippen LogP contribution in [0.1, 0.15) is 18.5 Å². The van der Waals surface area contributed by atoms with E-state index in [0.717, 1.165) is 12.1 Å². The Labute approximate surface area is 197 Å². The van der Waals surface area contributed by atoms with Gasteiger partial charge in [0.2, 0.25) is 5.91 Å². The fourth-order valence-electron chi connectivity index (χ4n) is 3.82. The summed E-state index contributed by atoms with van der Waals surface area (Å²) in [5.74, 6) is 2.00. The molecule has 176 valence electrons. The number of hydrogen-bond donors (Lipinski definition) is 2. The minimum Gasteiger partial charge on any atom is -0.497 e. The highest BCUT2D eigenvalue weighted by atomic mass is 16.5. The molecule has 10 heteroatoms. The lowest BCUT2D eigenvalue weighted by molar-refractivity contribution is -0.119. The number of aliphatic imine (C=N–C) groups is 1. The first-order chi connectivity index (χ1) is 16.5. The second kappa shape index (κ2) is 10.2. The summed E-state index contributed by atoms with van der Waals surface area (Å²) in [5, 5.41) is 3.03. The predicted octanol–water partition coefficient (Wildman–Crippen LogP) is 2.46. The van der Waals surface area contributed by atoms with Gasteiger partial charge in [-0.1, -0.05) is 0 Å². The molecule has 0 spiro atoms. The number of rotatable bonds is 8. The third-order valence-corrected chi connectivity index (χ3v) is 5.55. The van der Waals surface area contributed by atoms with Crippen LogP contribution in [0.5, 0.6) is 11.5 Å². The monoisotopic (exact) mass is 461 g/mol. The smallest absolute Gasteiger partial charge is 0.220 e. The maximum atomic E-state index is 11.8. The number of amides is 1. The molecule has 1 aromatic carbocycles. The van der Waals surface area contributed by atoms with Crippen LogP contribution in [0.15, 0.2) is 47.7 Å². The van der Waals surface area contributed by atoms with Crippen LogP contribution >= 0.6 is 0 Å². The summed E-state index contributed by atoms with van der Waals surface area (Å²) in [5.41, 5.74) is 8.88. The summed E-state index contributed by atoms with van der Waals surface area (Å²) in [7, 11) is 4.87. The first kappa shape index (κ1) is 23.0. The van der Waals surface area contributed by atoms with Crippen molar-refractivity contribution < 1.29 is 14.3 Å². The number of carbonyl (C=O) groups is 1. The van der Waals surface area contributed by atoms with Crippen LogP contribution in [0.3, 0.4) is 0 Å². The third-order valence-electron chi connectivity index (χ3n) is 5.55. The highest BCUT2D eigenvalue weighted by Gasteiger charge is 2.25. The van der Waals surface area contributed by atoms with Gasteiger partial charge in [0.05, 0.1) is 26.1 Å². The number of ether oxygens (including phenoxy) is 2. The minimum atomic E-state index is -0.0212. The molecule has 4 rings (SSSR count). The van der Waals surface area contributed by atoms with Crippen molar-refractivity contribution in [3.8, 4) is 11.5 Å².